The molecule has 15 heavy (non-hydrogen) atoms. The van der Waals surface area contributed by atoms with E-state index in [-0.39, 0.29) is 0 Å². The molecule has 0 unspecified atom stereocenters. The van der Waals surface area contributed by atoms with Crippen molar-refractivity contribution in [3.63, 3.8) is 0 Å². The standard InChI is InChI=1S/C13H12N2/c1-11-2-4-12(5-3-11)6-7-13-10-14-8-9-15-13/h2-10H,1H3/b7-6+. The first-order valence-electron chi connectivity index (χ1n) is 4.85. The number of rotatable bonds is 2. The molecule has 2 heteroatoms. The second kappa shape index (κ2) is 4.51. The first kappa shape index (κ1) is 9.59. The van der Waals surface area contributed by atoms with Gasteiger partial charge < -0.3 is 0 Å². The Labute approximate surface area is 89.3 Å². The van der Waals surface area contributed by atoms with E-state index in [4.69, 9.17) is 0 Å². The molecule has 0 aliphatic carbocycles. The lowest BCUT2D eigenvalue weighted by Crippen LogP contribution is -1.80. The summed E-state index contributed by atoms with van der Waals surface area (Å²) in [7, 11) is 0. The molecule has 0 aliphatic heterocycles. The SMILES string of the molecule is Cc1ccc(/C=C/c2cnccn2)cc1. The van der Waals surface area contributed by atoms with Crippen molar-refractivity contribution in [3.8, 4) is 0 Å². The normalized spacial score (nSPS) is 10.7. The molecule has 1 aromatic heterocycles. The topological polar surface area (TPSA) is 25.8 Å². The molecule has 0 saturated carbocycles. The Hall–Kier alpha value is -1.96. The van der Waals surface area contributed by atoms with Crippen molar-refractivity contribution >= 4 is 12.2 Å². The van der Waals surface area contributed by atoms with Crippen molar-refractivity contribution in [2.24, 2.45) is 0 Å². The minimum atomic E-state index is 0.873. The molecule has 1 aromatic carbocycles. The average molecular weight is 196 g/mol. The smallest absolute Gasteiger partial charge is 0.0813 e. The maximum atomic E-state index is 4.16. The number of benzene rings is 1. The Bertz CT molecular complexity index is 444. The van der Waals surface area contributed by atoms with E-state index >= 15 is 0 Å². The second-order valence-corrected chi connectivity index (χ2v) is 3.37. The van der Waals surface area contributed by atoms with Crippen LogP contribution in [-0.4, -0.2) is 9.97 Å². The molecule has 74 valence electrons. The molecule has 0 bridgehead atoms. The van der Waals surface area contributed by atoms with E-state index in [2.05, 4.69) is 41.2 Å². The van der Waals surface area contributed by atoms with Crippen LogP contribution in [0.3, 0.4) is 0 Å². The van der Waals surface area contributed by atoms with Crippen molar-refractivity contribution in [2.75, 3.05) is 0 Å². The summed E-state index contributed by atoms with van der Waals surface area (Å²) in [6.45, 7) is 2.08. The van der Waals surface area contributed by atoms with Gasteiger partial charge in [-0.3, -0.25) is 9.97 Å². The van der Waals surface area contributed by atoms with E-state index in [1.165, 1.54) is 11.1 Å². The summed E-state index contributed by atoms with van der Waals surface area (Å²) < 4.78 is 0. The highest BCUT2D eigenvalue weighted by Crippen LogP contribution is 2.07. The van der Waals surface area contributed by atoms with Crippen molar-refractivity contribution in [2.45, 2.75) is 6.92 Å². The molecule has 2 rings (SSSR count). The zero-order valence-corrected chi connectivity index (χ0v) is 8.59. The molecule has 0 radical (unpaired) electrons. The Morgan fingerprint density at radius 2 is 1.80 bits per heavy atom. The van der Waals surface area contributed by atoms with E-state index in [9.17, 15) is 0 Å². The van der Waals surface area contributed by atoms with Gasteiger partial charge in [0.05, 0.1) is 11.9 Å². The molecular formula is C13H12N2. The Morgan fingerprint density at radius 1 is 1.00 bits per heavy atom. The fourth-order valence-electron chi connectivity index (χ4n) is 1.26. The van der Waals surface area contributed by atoms with Gasteiger partial charge in [-0.2, -0.15) is 0 Å². The van der Waals surface area contributed by atoms with Crippen LogP contribution in [0.5, 0.6) is 0 Å². The van der Waals surface area contributed by atoms with Crippen molar-refractivity contribution < 1.29 is 0 Å². The van der Waals surface area contributed by atoms with Crippen LogP contribution in [0.25, 0.3) is 12.2 Å². The molecule has 2 nitrogen and oxygen atoms in total. The van der Waals surface area contributed by atoms with E-state index < -0.39 is 0 Å². The first-order chi connectivity index (χ1) is 7.34. The minimum Gasteiger partial charge on any atom is -0.261 e. The summed E-state index contributed by atoms with van der Waals surface area (Å²) in [5, 5.41) is 0. The third-order valence-electron chi connectivity index (χ3n) is 2.11. The van der Waals surface area contributed by atoms with E-state index in [1.54, 1.807) is 18.6 Å². The number of aromatic nitrogens is 2. The van der Waals surface area contributed by atoms with E-state index in [1.807, 2.05) is 12.2 Å². The van der Waals surface area contributed by atoms with Gasteiger partial charge in [-0.05, 0) is 18.6 Å². The lowest BCUT2D eigenvalue weighted by atomic mass is 10.1. The van der Waals surface area contributed by atoms with Crippen molar-refractivity contribution in [1.82, 2.24) is 9.97 Å². The van der Waals surface area contributed by atoms with Gasteiger partial charge in [-0.1, -0.05) is 35.9 Å². The number of hydrogen-bond acceptors (Lipinski definition) is 2. The highest BCUT2D eigenvalue weighted by Gasteiger charge is 1.88. The van der Waals surface area contributed by atoms with Crippen molar-refractivity contribution in [1.29, 1.82) is 0 Å². The van der Waals surface area contributed by atoms with Gasteiger partial charge in [-0.25, -0.2) is 0 Å². The van der Waals surface area contributed by atoms with Gasteiger partial charge >= 0.3 is 0 Å². The minimum absolute atomic E-state index is 0.873. The van der Waals surface area contributed by atoms with E-state index in [0.29, 0.717) is 0 Å². The molecule has 0 fully saturated rings. The molecule has 0 atom stereocenters. The lowest BCUT2D eigenvalue weighted by Gasteiger charge is -1.94. The van der Waals surface area contributed by atoms with Crippen LogP contribution in [0.15, 0.2) is 42.9 Å². The Morgan fingerprint density at radius 3 is 2.47 bits per heavy atom. The number of aryl methyl sites for hydroxylation is 1. The van der Waals surface area contributed by atoms with Crippen LogP contribution >= 0.6 is 0 Å². The maximum Gasteiger partial charge on any atom is 0.0813 e. The van der Waals surface area contributed by atoms with Crippen LogP contribution in [-0.2, 0) is 0 Å². The fraction of sp³-hybridized carbons (Fsp3) is 0.0769. The summed E-state index contributed by atoms with van der Waals surface area (Å²) >= 11 is 0. The van der Waals surface area contributed by atoms with Crippen LogP contribution in [0, 0.1) is 6.92 Å². The van der Waals surface area contributed by atoms with Gasteiger partial charge in [-0.15, -0.1) is 0 Å². The van der Waals surface area contributed by atoms with Crippen molar-refractivity contribution in [3.05, 3.63) is 59.7 Å². The fourth-order valence-corrected chi connectivity index (χ4v) is 1.26. The van der Waals surface area contributed by atoms with Gasteiger partial charge in [0, 0.05) is 12.4 Å². The third kappa shape index (κ3) is 2.74. The highest BCUT2D eigenvalue weighted by atomic mass is 14.7. The van der Waals surface area contributed by atoms with Crippen LogP contribution < -0.4 is 0 Å². The summed E-state index contributed by atoms with van der Waals surface area (Å²) in [5.74, 6) is 0. The molecule has 0 spiro atoms. The molecule has 0 amide bonds. The van der Waals surface area contributed by atoms with Gasteiger partial charge in [0.15, 0.2) is 0 Å². The first-order valence-corrected chi connectivity index (χ1v) is 4.85. The lowest BCUT2D eigenvalue weighted by molar-refractivity contribution is 1.18. The average Bonchev–Trinajstić information content (AvgIpc) is 2.30. The quantitative estimate of drug-likeness (QED) is 0.738. The Kier molecular flexibility index (Phi) is 2.88. The molecule has 0 N–H and O–H groups in total. The van der Waals surface area contributed by atoms with Gasteiger partial charge in [0.1, 0.15) is 0 Å². The van der Waals surface area contributed by atoms with E-state index in [0.717, 1.165) is 5.69 Å². The van der Waals surface area contributed by atoms with Crippen LogP contribution in [0.2, 0.25) is 0 Å². The molecule has 2 aromatic rings. The number of hydrogen-bond donors (Lipinski definition) is 0. The molecule has 0 saturated heterocycles. The molecule has 1 heterocycles. The largest absolute Gasteiger partial charge is 0.261 e. The molecular weight excluding hydrogens is 184 g/mol. The second-order valence-electron chi connectivity index (χ2n) is 3.37. The monoisotopic (exact) mass is 196 g/mol. The predicted molar refractivity (Wildman–Crippen MR) is 62.1 cm³/mol. The number of nitrogens with zero attached hydrogens (tertiary/aromatic N) is 2. The third-order valence-corrected chi connectivity index (χ3v) is 2.11. The predicted octanol–water partition coefficient (Wildman–Crippen LogP) is 2.96. The zero-order valence-electron chi connectivity index (χ0n) is 8.59. The summed E-state index contributed by atoms with van der Waals surface area (Å²) in [6.07, 6.45) is 9.09. The van der Waals surface area contributed by atoms with Crippen LogP contribution in [0.4, 0.5) is 0 Å². The zero-order chi connectivity index (χ0) is 10.5. The highest BCUT2D eigenvalue weighted by molar-refractivity contribution is 5.67. The van der Waals surface area contributed by atoms with Gasteiger partial charge in [0.25, 0.3) is 0 Å². The summed E-state index contributed by atoms with van der Waals surface area (Å²) in [5.41, 5.74) is 3.32. The summed E-state index contributed by atoms with van der Waals surface area (Å²) in [6, 6.07) is 8.36. The molecule has 0 aliphatic rings. The Balaban J connectivity index is 2.15. The maximum absolute atomic E-state index is 4.16. The summed E-state index contributed by atoms with van der Waals surface area (Å²) in [4.78, 5) is 8.16. The van der Waals surface area contributed by atoms with Gasteiger partial charge in [0.2, 0.25) is 0 Å². The van der Waals surface area contributed by atoms with Crippen LogP contribution in [0.1, 0.15) is 16.8 Å².